The monoisotopic (exact) mass is 493 g/mol. The number of fused-ring (bicyclic) bond motifs is 2. The summed E-state index contributed by atoms with van der Waals surface area (Å²) in [6, 6.07) is 10.2. The van der Waals surface area contributed by atoms with Crippen LogP contribution in [0.4, 0.5) is 17.2 Å². The fourth-order valence-corrected chi connectivity index (χ4v) is 5.56. The van der Waals surface area contributed by atoms with Crippen LogP contribution in [-0.4, -0.2) is 42.4 Å². The Labute approximate surface area is 214 Å². The van der Waals surface area contributed by atoms with E-state index in [1.807, 2.05) is 23.1 Å². The summed E-state index contributed by atoms with van der Waals surface area (Å²) in [6.45, 7) is 8.14. The minimum Gasteiger partial charge on any atom is -0.376 e. The van der Waals surface area contributed by atoms with Crippen molar-refractivity contribution in [1.29, 1.82) is 0 Å². The molecule has 2 fully saturated rings. The summed E-state index contributed by atoms with van der Waals surface area (Å²) in [5, 5.41) is 3.48. The molecule has 3 heterocycles. The molecule has 1 aliphatic carbocycles. The third kappa shape index (κ3) is 5.74. The molecule has 1 aromatic heterocycles. The lowest BCUT2D eigenvalue weighted by Gasteiger charge is -2.33. The first-order valence-electron chi connectivity index (χ1n) is 13.5. The number of nitrogens with zero attached hydrogens (tertiary/aromatic N) is 2. The van der Waals surface area contributed by atoms with Crippen LogP contribution in [0.3, 0.4) is 0 Å². The van der Waals surface area contributed by atoms with Crippen molar-refractivity contribution in [2.24, 2.45) is 5.92 Å². The molecule has 0 bridgehead atoms. The number of hydrogen-bond acceptors (Lipinski definition) is 6. The topological polar surface area (TPSA) is 72.9 Å². The van der Waals surface area contributed by atoms with Crippen LogP contribution in [0.2, 0.25) is 0 Å². The Kier molecular flexibility index (Phi) is 7.89. The van der Waals surface area contributed by atoms with Gasteiger partial charge in [-0.05, 0) is 83.1 Å². The maximum Gasteiger partial charge on any atom is 0.230 e. The van der Waals surface area contributed by atoms with Gasteiger partial charge in [0.15, 0.2) is 0 Å². The summed E-state index contributed by atoms with van der Waals surface area (Å²) in [6.07, 6.45) is 8.08. The molecule has 7 heteroatoms. The van der Waals surface area contributed by atoms with Gasteiger partial charge in [0.2, 0.25) is 5.91 Å². The van der Waals surface area contributed by atoms with Crippen LogP contribution in [0.1, 0.15) is 76.5 Å². The van der Waals surface area contributed by atoms with Gasteiger partial charge >= 0.3 is 0 Å². The number of rotatable bonds is 7. The third-order valence-corrected chi connectivity index (χ3v) is 7.57. The molecule has 2 aliphatic heterocycles. The maximum atomic E-state index is 14.0. The van der Waals surface area contributed by atoms with Crippen LogP contribution in [0, 0.1) is 5.92 Å². The number of amides is 1. The number of aromatic nitrogens is 1. The van der Waals surface area contributed by atoms with Crippen molar-refractivity contribution in [1.82, 2.24) is 4.98 Å². The molecule has 0 radical (unpaired) electrons. The van der Waals surface area contributed by atoms with Crippen LogP contribution >= 0.6 is 0 Å². The van der Waals surface area contributed by atoms with Gasteiger partial charge in [0.1, 0.15) is 5.82 Å². The van der Waals surface area contributed by atoms with E-state index in [1.54, 1.807) is 6.20 Å². The molecule has 3 aliphatic rings. The Balaban J connectivity index is 1.37. The van der Waals surface area contributed by atoms with E-state index in [0.717, 1.165) is 73.5 Å². The molecule has 5 rings (SSSR count). The number of pyridine rings is 1. The molecule has 1 saturated carbocycles. The van der Waals surface area contributed by atoms with Gasteiger partial charge in [-0.1, -0.05) is 12.1 Å². The molecule has 1 saturated heterocycles. The number of ether oxygens (including phenoxy) is 3. The molecular weight excluding hydrogens is 454 g/mol. The van der Waals surface area contributed by atoms with E-state index >= 15 is 0 Å². The van der Waals surface area contributed by atoms with E-state index in [0.29, 0.717) is 13.2 Å². The van der Waals surface area contributed by atoms with Crippen molar-refractivity contribution in [2.75, 3.05) is 23.4 Å². The van der Waals surface area contributed by atoms with Gasteiger partial charge in [0.05, 0.1) is 48.9 Å². The highest BCUT2D eigenvalue weighted by atomic mass is 16.5. The van der Waals surface area contributed by atoms with E-state index in [-0.39, 0.29) is 36.2 Å². The average molecular weight is 494 g/mol. The van der Waals surface area contributed by atoms with E-state index in [1.165, 1.54) is 0 Å². The van der Waals surface area contributed by atoms with Gasteiger partial charge in [-0.3, -0.25) is 4.79 Å². The van der Waals surface area contributed by atoms with E-state index in [2.05, 4.69) is 43.2 Å². The lowest BCUT2D eigenvalue weighted by atomic mass is 9.86. The first kappa shape index (κ1) is 25.2. The number of carbonyl (C=O) groups is 1. The van der Waals surface area contributed by atoms with E-state index < -0.39 is 0 Å². The zero-order chi connectivity index (χ0) is 25.1. The van der Waals surface area contributed by atoms with Crippen molar-refractivity contribution in [3.05, 3.63) is 47.7 Å². The Morgan fingerprint density at radius 1 is 1.17 bits per heavy atom. The van der Waals surface area contributed by atoms with Crippen LogP contribution < -0.4 is 10.2 Å². The second-order valence-corrected chi connectivity index (χ2v) is 10.6. The van der Waals surface area contributed by atoms with E-state index in [4.69, 9.17) is 14.2 Å². The van der Waals surface area contributed by atoms with Crippen LogP contribution in [-0.2, 0) is 25.5 Å². The quantitative estimate of drug-likeness (QED) is 0.517. The summed E-state index contributed by atoms with van der Waals surface area (Å²) >= 11 is 0. The summed E-state index contributed by atoms with van der Waals surface area (Å²) in [5.41, 5.74) is 3.86. The van der Waals surface area contributed by atoms with Crippen molar-refractivity contribution < 1.29 is 19.0 Å². The first-order chi connectivity index (χ1) is 17.5. The van der Waals surface area contributed by atoms with Gasteiger partial charge in [-0.2, -0.15) is 0 Å². The van der Waals surface area contributed by atoms with Crippen molar-refractivity contribution >= 4 is 23.1 Å². The molecule has 0 spiro atoms. The highest BCUT2D eigenvalue weighted by molar-refractivity contribution is 5.99. The molecule has 2 aromatic rings. The largest absolute Gasteiger partial charge is 0.376 e. The number of benzene rings is 1. The number of anilines is 3. The Hall–Kier alpha value is -2.48. The highest BCUT2D eigenvalue weighted by Crippen LogP contribution is 2.39. The molecule has 1 aromatic carbocycles. The first-order valence-corrected chi connectivity index (χ1v) is 13.5. The lowest BCUT2D eigenvalue weighted by Crippen LogP contribution is -2.38. The smallest absolute Gasteiger partial charge is 0.230 e. The Morgan fingerprint density at radius 2 is 2.00 bits per heavy atom. The molecular formula is C29H39N3O4. The lowest BCUT2D eigenvalue weighted by molar-refractivity contribution is -0.124. The number of hydrogen-bond donors (Lipinski definition) is 1. The SMILES string of the molecule is CC(C)OC1CCC(C(=O)N2Cc3cccnc3Nc3ccc(C(C)OC[C@@H]4CCCO4)cc32)CC1. The van der Waals surface area contributed by atoms with Gasteiger partial charge < -0.3 is 24.4 Å². The van der Waals surface area contributed by atoms with Gasteiger partial charge in [0.25, 0.3) is 0 Å². The average Bonchev–Trinajstić information content (AvgIpc) is 3.34. The fraction of sp³-hybridized carbons (Fsp3) is 0.586. The van der Waals surface area contributed by atoms with Gasteiger partial charge in [-0.25, -0.2) is 4.98 Å². The summed E-state index contributed by atoms with van der Waals surface area (Å²) in [5.74, 6) is 0.987. The highest BCUT2D eigenvalue weighted by Gasteiger charge is 2.33. The standard InChI is InChI=1S/C29H39N3O4/c1-19(2)36-24-11-8-21(9-12-24)29(33)32-17-23-6-4-14-30-28(23)31-26-13-10-22(16-27(26)32)20(3)35-18-25-7-5-15-34-25/h4,6,10,13-14,16,19-21,24-25H,5,7-9,11-12,15,17-18H2,1-3H3,(H,30,31)/t20?,21?,24?,25-/m0/s1. The van der Waals surface area contributed by atoms with Crippen molar-refractivity contribution in [3.8, 4) is 0 Å². The maximum absolute atomic E-state index is 14.0. The normalized spacial score (nSPS) is 24.6. The zero-order valence-corrected chi connectivity index (χ0v) is 21.7. The minimum atomic E-state index is -0.0937. The fourth-order valence-electron chi connectivity index (χ4n) is 5.56. The van der Waals surface area contributed by atoms with Gasteiger partial charge in [-0.15, -0.1) is 0 Å². The third-order valence-electron chi connectivity index (χ3n) is 7.57. The minimum absolute atomic E-state index is 0.0000661. The molecule has 2 atom stereocenters. The second kappa shape index (κ2) is 11.3. The zero-order valence-electron chi connectivity index (χ0n) is 21.7. The molecule has 194 valence electrons. The summed E-state index contributed by atoms with van der Waals surface area (Å²) in [7, 11) is 0. The predicted octanol–water partition coefficient (Wildman–Crippen LogP) is 5.91. The molecule has 7 nitrogen and oxygen atoms in total. The van der Waals surface area contributed by atoms with Crippen LogP contribution in [0.25, 0.3) is 0 Å². The van der Waals surface area contributed by atoms with E-state index in [9.17, 15) is 4.79 Å². The van der Waals surface area contributed by atoms with Crippen molar-refractivity contribution in [3.63, 3.8) is 0 Å². The second-order valence-electron chi connectivity index (χ2n) is 10.6. The van der Waals surface area contributed by atoms with Crippen LogP contribution in [0.15, 0.2) is 36.5 Å². The molecule has 36 heavy (non-hydrogen) atoms. The predicted molar refractivity (Wildman–Crippen MR) is 140 cm³/mol. The van der Waals surface area contributed by atoms with Gasteiger partial charge in [0, 0.05) is 24.3 Å². The Morgan fingerprint density at radius 3 is 2.75 bits per heavy atom. The van der Waals surface area contributed by atoms with Crippen molar-refractivity contribution in [2.45, 2.75) is 90.3 Å². The summed E-state index contributed by atoms with van der Waals surface area (Å²) < 4.78 is 17.9. The number of nitrogens with one attached hydrogen (secondary N) is 1. The molecule has 1 N–H and O–H groups in total. The molecule has 1 amide bonds. The Bertz CT molecular complexity index is 1040. The molecule has 1 unspecified atom stereocenters. The van der Waals surface area contributed by atoms with Crippen LogP contribution in [0.5, 0.6) is 0 Å². The summed E-state index contributed by atoms with van der Waals surface area (Å²) in [4.78, 5) is 20.5. The number of carbonyl (C=O) groups excluding carboxylic acids is 1.